The van der Waals surface area contributed by atoms with Crippen molar-refractivity contribution in [3.05, 3.63) is 48.5 Å². The van der Waals surface area contributed by atoms with Crippen LogP contribution in [0.3, 0.4) is 0 Å². The Labute approximate surface area is 184 Å². The van der Waals surface area contributed by atoms with Gasteiger partial charge in [0.15, 0.2) is 14.6 Å². The molecule has 0 atom stereocenters. The van der Waals surface area contributed by atoms with E-state index in [-0.39, 0.29) is 31.0 Å². The van der Waals surface area contributed by atoms with Crippen LogP contribution in [0.4, 0.5) is 5.95 Å². The number of hydrogen-bond donors (Lipinski definition) is 4. The lowest BCUT2D eigenvalue weighted by Gasteiger charge is -2.34. The van der Waals surface area contributed by atoms with Gasteiger partial charge in [0, 0.05) is 13.2 Å². The minimum absolute atomic E-state index is 0.0178. The fourth-order valence-corrected chi connectivity index (χ4v) is 5.68. The van der Waals surface area contributed by atoms with E-state index >= 15 is 0 Å². The summed E-state index contributed by atoms with van der Waals surface area (Å²) in [4.78, 5) is 19.9. The zero-order valence-electron chi connectivity index (χ0n) is 17.2. The van der Waals surface area contributed by atoms with Crippen molar-refractivity contribution >= 4 is 32.7 Å². The lowest BCUT2D eigenvalue weighted by atomic mass is 9.98. The number of benzene rings is 2. The highest BCUT2D eigenvalue weighted by molar-refractivity contribution is 7.93. The molecule has 2 aromatic carbocycles. The van der Waals surface area contributed by atoms with Crippen LogP contribution < -0.4 is 15.5 Å². The van der Waals surface area contributed by atoms with Crippen LogP contribution in [0, 0.1) is 0 Å². The molecule has 3 aromatic rings. The van der Waals surface area contributed by atoms with Crippen LogP contribution in [-0.4, -0.2) is 60.6 Å². The number of nitrogens with one attached hydrogen (secondary N) is 3. The standard InChI is InChI=1S/C21H24N4O6S/c26-19(25-27)21(9-12-30-13-10-21)32(28,29)16-7-5-15(6-8-16)31-14-11-22-20-23-17-3-1-2-4-18(17)24-20/h1-8,27H,9-14H2,(H,25,26)(H2,22,23,24). The average molecular weight is 461 g/mol. The number of para-hydroxylation sites is 2. The number of ether oxygens (including phenoxy) is 2. The zero-order valence-corrected chi connectivity index (χ0v) is 18.0. The molecule has 2 heterocycles. The minimum atomic E-state index is -4.06. The third-order valence-electron chi connectivity index (χ3n) is 5.52. The number of fused-ring (bicyclic) bond motifs is 1. The van der Waals surface area contributed by atoms with E-state index in [1.54, 1.807) is 0 Å². The molecule has 1 saturated heterocycles. The smallest absolute Gasteiger partial charge is 0.265 e. The van der Waals surface area contributed by atoms with E-state index in [0.29, 0.717) is 24.8 Å². The first-order valence-electron chi connectivity index (χ1n) is 10.1. The fourth-order valence-electron chi connectivity index (χ4n) is 3.74. The number of amides is 1. The van der Waals surface area contributed by atoms with E-state index in [1.807, 2.05) is 24.3 Å². The Morgan fingerprint density at radius 3 is 2.56 bits per heavy atom. The summed E-state index contributed by atoms with van der Waals surface area (Å²) in [5.74, 6) is 0.181. The molecule has 0 radical (unpaired) electrons. The number of hydrogen-bond acceptors (Lipinski definition) is 8. The number of rotatable bonds is 8. The molecule has 4 N–H and O–H groups in total. The largest absolute Gasteiger partial charge is 0.492 e. The number of nitrogens with zero attached hydrogens (tertiary/aromatic N) is 1. The SMILES string of the molecule is O=C(NO)C1(S(=O)(=O)c2ccc(OCCNc3nc4ccccc4[nH]3)cc2)CCOCC1. The van der Waals surface area contributed by atoms with Crippen molar-refractivity contribution in [1.82, 2.24) is 15.4 Å². The number of hydroxylamine groups is 1. The van der Waals surface area contributed by atoms with E-state index in [9.17, 15) is 13.2 Å². The maximum absolute atomic E-state index is 13.2. The molecule has 0 spiro atoms. The van der Waals surface area contributed by atoms with E-state index in [0.717, 1.165) is 11.0 Å². The molecular formula is C21H24N4O6S. The molecule has 170 valence electrons. The van der Waals surface area contributed by atoms with E-state index in [4.69, 9.17) is 14.7 Å². The van der Waals surface area contributed by atoms with Gasteiger partial charge >= 0.3 is 0 Å². The van der Waals surface area contributed by atoms with Crippen molar-refractivity contribution in [3.8, 4) is 5.75 Å². The number of aromatic amines is 1. The Balaban J connectivity index is 1.38. The molecule has 32 heavy (non-hydrogen) atoms. The van der Waals surface area contributed by atoms with Gasteiger partial charge in [-0.3, -0.25) is 10.0 Å². The Hall–Kier alpha value is -3.15. The summed E-state index contributed by atoms with van der Waals surface area (Å²) in [5.41, 5.74) is 3.31. The summed E-state index contributed by atoms with van der Waals surface area (Å²) in [5, 5.41) is 12.3. The van der Waals surface area contributed by atoms with Gasteiger partial charge < -0.3 is 19.8 Å². The number of carbonyl (C=O) groups is 1. The molecule has 4 rings (SSSR count). The van der Waals surface area contributed by atoms with Crippen molar-refractivity contribution in [3.63, 3.8) is 0 Å². The van der Waals surface area contributed by atoms with Gasteiger partial charge in [0.1, 0.15) is 12.4 Å². The molecule has 0 saturated carbocycles. The molecule has 1 aliphatic rings. The quantitative estimate of drug-likeness (QED) is 0.227. The van der Waals surface area contributed by atoms with Crippen LogP contribution in [-0.2, 0) is 19.4 Å². The number of sulfone groups is 1. The van der Waals surface area contributed by atoms with E-state index < -0.39 is 20.5 Å². The zero-order chi connectivity index (χ0) is 22.6. The topological polar surface area (TPSA) is 143 Å². The second kappa shape index (κ2) is 9.15. The van der Waals surface area contributed by atoms with Gasteiger partial charge in [0.25, 0.3) is 5.91 Å². The normalized spacial score (nSPS) is 15.9. The number of carbonyl (C=O) groups excluding carboxylic acids is 1. The third kappa shape index (κ3) is 4.14. The monoisotopic (exact) mass is 460 g/mol. The van der Waals surface area contributed by atoms with Gasteiger partial charge in [-0.15, -0.1) is 0 Å². The lowest BCUT2D eigenvalue weighted by Crippen LogP contribution is -2.54. The summed E-state index contributed by atoms with van der Waals surface area (Å²) in [6.07, 6.45) is -0.0686. The van der Waals surface area contributed by atoms with Crippen LogP contribution in [0.5, 0.6) is 5.75 Å². The molecular weight excluding hydrogens is 436 g/mol. The summed E-state index contributed by atoms with van der Waals surface area (Å²) < 4.78 is 35.6. The van der Waals surface area contributed by atoms with Crippen molar-refractivity contribution in [2.24, 2.45) is 0 Å². The van der Waals surface area contributed by atoms with Crippen LogP contribution >= 0.6 is 0 Å². The van der Waals surface area contributed by atoms with Crippen molar-refractivity contribution in [2.75, 3.05) is 31.7 Å². The predicted molar refractivity (Wildman–Crippen MR) is 116 cm³/mol. The van der Waals surface area contributed by atoms with Gasteiger partial charge in [0.05, 0.1) is 22.5 Å². The van der Waals surface area contributed by atoms with Gasteiger partial charge in [-0.05, 0) is 49.2 Å². The van der Waals surface area contributed by atoms with Crippen molar-refractivity contribution in [1.29, 1.82) is 0 Å². The Bertz CT molecular complexity index is 1150. The fraction of sp³-hybridized carbons (Fsp3) is 0.333. The van der Waals surface area contributed by atoms with Gasteiger partial charge in [-0.1, -0.05) is 12.1 Å². The van der Waals surface area contributed by atoms with E-state index in [1.165, 1.54) is 29.7 Å². The minimum Gasteiger partial charge on any atom is -0.492 e. The maximum atomic E-state index is 13.2. The number of imidazole rings is 1. The summed E-state index contributed by atoms with van der Waals surface area (Å²) in [7, 11) is -4.06. The summed E-state index contributed by atoms with van der Waals surface area (Å²) in [6.45, 7) is 1.05. The lowest BCUT2D eigenvalue weighted by molar-refractivity contribution is -0.134. The Morgan fingerprint density at radius 1 is 1.16 bits per heavy atom. The van der Waals surface area contributed by atoms with Gasteiger partial charge in [-0.2, -0.15) is 0 Å². The summed E-state index contributed by atoms with van der Waals surface area (Å²) >= 11 is 0. The van der Waals surface area contributed by atoms with Gasteiger partial charge in [0.2, 0.25) is 5.95 Å². The molecule has 0 bridgehead atoms. The first kappa shape index (κ1) is 22.1. The highest BCUT2D eigenvalue weighted by Crippen LogP contribution is 2.35. The molecule has 0 aliphatic carbocycles. The second-order valence-electron chi connectivity index (χ2n) is 7.40. The van der Waals surface area contributed by atoms with Crippen LogP contribution in [0.25, 0.3) is 11.0 Å². The molecule has 10 nitrogen and oxygen atoms in total. The van der Waals surface area contributed by atoms with E-state index in [2.05, 4.69) is 15.3 Å². The number of anilines is 1. The third-order valence-corrected chi connectivity index (χ3v) is 8.03. The molecule has 11 heteroatoms. The first-order valence-corrected chi connectivity index (χ1v) is 11.6. The van der Waals surface area contributed by atoms with Crippen LogP contribution in [0.15, 0.2) is 53.4 Å². The van der Waals surface area contributed by atoms with Crippen LogP contribution in [0.2, 0.25) is 0 Å². The molecule has 0 unspecified atom stereocenters. The summed E-state index contributed by atoms with van der Waals surface area (Å²) in [6, 6.07) is 13.6. The van der Waals surface area contributed by atoms with Gasteiger partial charge in [-0.25, -0.2) is 18.9 Å². The Kier molecular flexibility index (Phi) is 6.31. The maximum Gasteiger partial charge on any atom is 0.265 e. The van der Waals surface area contributed by atoms with Crippen molar-refractivity contribution in [2.45, 2.75) is 22.5 Å². The number of H-pyrrole nitrogens is 1. The number of aromatic nitrogens is 2. The molecule has 1 amide bonds. The highest BCUT2D eigenvalue weighted by Gasteiger charge is 2.52. The average Bonchev–Trinajstić information content (AvgIpc) is 3.25. The molecule has 1 fully saturated rings. The van der Waals surface area contributed by atoms with Crippen LogP contribution in [0.1, 0.15) is 12.8 Å². The Morgan fingerprint density at radius 2 is 1.88 bits per heavy atom. The predicted octanol–water partition coefficient (Wildman–Crippen LogP) is 1.88. The highest BCUT2D eigenvalue weighted by atomic mass is 32.2. The second-order valence-corrected chi connectivity index (χ2v) is 9.66. The first-order chi connectivity index (χ1) is 15.5. The molecule has 1 aliphatic heterocycles. The van der Waals surface area contributed by atoms with Crippen molar-refractivity contribution < 1.29 is 27.9 Å². The molecule has 1 aromatic heterocycles.